The lowest BCUT2D eigenvalue weighted by Gasteiger charge is -2.16. The van der Waals surface area contributed by atoms with Gasteiger partial charge in [-0.2, -0.15) is 0 Å². The van der Waals surface area contributed by atoms with Crippen LogP contribution in [-0.2, 0) is 14.3 Å². The molecule has 0 spiro atoms. The maximum Gasteiger partial charge on any atom is 0.328 e. The molecule has 6 heteroatoms. The average molecular weight is 346 g/mol. The molecule has 1 atom stereocenters. The molecule has 0 fully saturated rings. The first-order valence-electron chi connectivity index (χ1n) is 8.34. The molecule has 0 aliphatic heterocycles. The fourth-order valence-corrected chi connectivity index (χ4v) is 2.17. The Balaban J connectivity index is 2.45. The number of methoxy groups -OCH3 is 1. The standard InChI is InChI=1S/C19H26N2O4/c1-4-14(2)17(22)20-13-9-8-12-16(19(24)25-3)21-18(23)15-10-6-5-7-11-15/h4-7,10-11,16H,8-9,12-13H2,1-3H3,(H,20,22)(H,21,23)/b14-4+/t16-/m0/s1. The second-order valence-electron chi connectivity index (χ2n) is 5.64. The number of unbranched alkanes of at least 4 members (excludes halogenated alkanes) is 1. The highest BCUT2D eigenvalue weighted by atomic mass is 16.5. The summed E-state index contributed by atoms with van der Waals surface area (Å²) >= 11 is 0. The van der Waals surface area contributed by atoms with Crippen molar-refractivity contribution < 1.29 is 19.1 Å². The van der Waals surface area contributed by atoms with Crippen LogP contribution in [0.3, 0.4) is 0 Å². The van der Waals surface area contributed by atoms with Gasteiger partial charge < -0.3 is 15.4 Å². The molecule has 0 saturated heterocycles. The number of carbonyl (C=O) groups is 3. The summed E-state index contributed by atoms with van der Waals surface area (Å²) in [6, 6.07) is 8.00. The first-order valence-corrected chi connectivity index (χ1v) is 8.34. The molecule has 0 aliphatic rings. The van der Waals surface area contributed by atoms with Crippen molar-refractivity contribution in [2.45, 2.75) is 39.2 Å². The molecule has 2 amide bonds. The third kappa shape index (κ3) is 7.20. The van der Waals surface area contributed by atoms with Gasteiger partial charge in [-0.15, -0.1) is 0 Å². The maximum atomic E-state index is 12.2. The van der Waals surface area contributed by atoms with Crippen LogP contribution in [0.25, 0.3) is 0 Å². The maximum absolute atomic E-state index is 12.2. The van der Waals surface area contributed by atoms with Gasteiger partial charge in [-0.1, -0.05) is 24.3 Å². The number of hydrogen-bond acceptors (Lipinski definition) is 4. The number of esters is 1. The highest BCUT2D eigenvalue weighted by Crippen LogP contribution is 2.06. The fraction of sp³-hybridized carbons (Fsp3) is 0.421. The quantitative estimate of drug-likeness (QED) is 0.408. The number of rotatable bonds is 9. The molecule has 0 unspecified atom stereocenters. The minimum Gasteiger partial charge on any atom is -0.467 e. The van der Waals surface area contributed by atoms with Crippen LogP contribution < -0.4 is 10.6 Å². The van der Waals surface area contributed by atoms with Crippen LogP contribution in [0.1, 0.15) is 43.5 Å². The lowest BCUT2D eigenvalue weighted by atomic mass is 10.1. The molecule has 1 rings (SSSR count). The molecule has 0 saturated carbocycles. The molecule has 0 heterocycles. The number of ether oxygens (including phenoxy) is 1. The molecule has 1 aromatic rings. The molecule has 6 nitrogen and oxygen atoms in total. The summed E-state index contributed by atoms with van der Waals surface area (Å²) in [4.78, 5) is 35.7. The van der Waals surface area contributed by atoms with Crippen molar-refractivity contribution in [3.05, 3.63) is 47.5 Å². The molecule has 0 aromatic heterocycles. The van der Waals surface area contributed by atoms with E-state index < -0.39 is 12.0 Å². The van der Waals surface area contributed by atoms with Gasteiger partial charge in [0.1, 0.15) is 6.04 Å². The predicted molar refractivity (Wildman–Crippen MR) is 96.0 cm³/mol. The molecular weight excluding hydrogens is 320 g/mol. The van der Waals surface area contributed by atoms with E-state index in [1.54, 1.807) is 37.3 Å². The van der Waals surface area contributed by atoms with Crippen LogP contribution in [0, 0.1) is 0 Å². The molecule has 0 radical (unpaired) electrons. The predicted octanol–water partition coefficient (Wildman–Crippen LogP) is 2.21. The van der Waals surface area contributed by atoms with Gasteiger partial charge >= 0.3 is 5.97 Å². The SMILES string of the molecule is C/C=C(\C)C(=O)NCCCC[C@H](NC(=O)c1ccccc1)C(=O)OC. The Labute approximate surface area is 148 Å². The Bertz CT molecular complexity index is 611. The van der Waals surface area contributed by atoms with Crippen molar-refractivity contribution in [2.24, 2.45) is 0 Å². The lowest BCUT2D eigenvalue weighted by molar-refractivity contribution is -0.143. The van der Waals surface area contributed by atoms with Crippen LogP contribution in [0.15, 0.2) is 42.0 Å². The van der Waals surface area contributed by atoms with E-state index in [4.69, 9.17) is 4.74 Å². The van der Waals surface area contributed by atoms with E-state index >= 15 is 0 Å². The van der Waals surface area contributed by atoms with Crippen LogP contribution in [0.4, 0.5) is 0 Å². The zero-order chi connectivity index (χ0) is 18.7. The van der Waals surface area contributed by atoms with E-state index in [1.165, 1.54) is 7.11 Å². The van der Waals surface area contributed by atoms with E-state index in [0.717, 1.165) is 0 Å². The second-order valence-corrected chi connectivity index (χ2v) is 5.64. The van der Waals surface area contributed by atoms with Gasteiger partial charge in [-0.3, -0.25) is 9.59 Å². The number of allylic oxidation sites excluding steroid dienone is 1. The Kier molecular flexibility index (Phi) is 9.00. The van der Waals surface area contributed by atoms with Crippen LogP contribution in [0.2, 0.25) is 0 Å². The lowest BCUT2D eigenvalue weighted by Crippen LogP contribution is -2.41. The Morgan fingerprint density at radius 3 is 2.44 bits per heavy atom. The average Bonchev–Trinajstić information content (AvgIpc) is 2.65. The number of benzene rings is 1. The minimum absolute atomic E-state index is 0.0931. The third-order valence-electron chi connectivity index (χ3n) is 3.82. The van der Waals surface area contributed by atoms with E-state index in [1.807, 2.05) is 13.0 Å². The van der Waals surface area contributed by atoms with Gasteiger partial charge in [0.25, 0.3) is 5.91 Å². The van der Waals surface area contributed by atoms with E-state index in [-0.39, 0.29) is 11.8 Å². The van der Waals surface area contributed by atoms with Gasteiger partial charge in [0.05, 0.1) is 7.11 Å². The fourth-order valence-electron chi connectivity index (χ4n) is 2.17. The number of hydrogen-bond donors (Lipinski definition) is 2. The van der Waals surface area contributed by atoms with E-state index in [9.17, 15) is 14.4 Å². The highest BCUT2D eigenvalue weighted by Gasteiger charge is 2.21. The molecule has 1 aromatic carbocycles. The molecular formula is C19H26N2O4. The third-order valence-corrected chi connectivity index (χ3v) is 3.82. The smallest absolute Gasteiger partial charge is 0.328 e. The van der Waals surface area contributed by atoms with Crippen molar-refractivity contribution >= 4 is 17.8 Å². The summed E-state index contributed by atoms with van der Waals surface area (Å²) < 4.78 is 4.76. The highest BCUT2D eigenvalue weighted by molar-refractivity contribution is 5.96. The first kappa shape index (κ1) is 20.4. The summed E-state index contributed by atoms with van der Waals surface area (Å²) in [5.41, 5.74) is 1.16. The van der Waals surface area contributed by atoms with E-state index in [0.29, 0.717) is 36.9 Å². The van der Waals surface area contributed by atoms with Crippen LogP contribution >= 0.6 is 0 Å². The number of nitrogens with one attached hydrogen (secondary N) is 2. The molecule has 0 aliphatic carbocycles. The molecule has 2 N–H and O–H groups in total. The van der Waals surface area contributed by atoms with Crippen molar-refractivity contribution in [2.75, 3.05) is 13.7 Å². The number of carbonyl (C=O) groups excluding carboxylic acids is 3. The monoisotopic (exact) mass is 346 g/mol. The van der Waals surface area contributed by atoms with Gasteiger partial charge in [0, 0.05) is 17.7 Å². The van der Waals surface area contributed by atoms with Crippen LogP contribution in [-0.4, -0.2) is 37.5 Å². The summed E-state index contributed by atoms with van der Waals surface area (Å²) in [5.74, 6) is -0.879. The van der Waals surface area contributed by atoms with Crippen molar-refractivity contribution in [1.82, 2.24) is 10.6 Å². The van der Waals surface area contributed by atoms with Gasteiger partial charge in [0.2, 0.25) is 5.91 Å². The normalized spacial score (nSPS) is 12.2. The number of amides is 2. The minimum atomic E-state index is -0.703. The summed E-state index contributed by atoms with van der Waals surface area (Å²) in [6.45, 7) is 4.08. The topological polar surface area (TPSA) is 84.5 Å². The largest absolute Gasteiger partial charge is 0.467 e. The van der Waals surface area contributed by atoms with Crippen molar-refractivity contribution in [3.8, 4) is 0 Å². The zero-order valence-electron chi connectivity index (χ0n) is 15.0. The zero-order valence-corrected chi connectivity index (χ0v) is 15.0. The molecule has 0 bridgehead atoms. The second kappa shape index (κ2) is 11.0. The Morgan fingerprint density at radius 2 is 1.84 bits per heavy atom. The Morgan fingerprint density at radius 1 is 1.16 bits per heavy atom. The van der Waals surface area contributed by atoms with Crippen molar-refractivity contribution in [3.63, 3.8) is 0 Å². The summed E-state index contributed by atoms with van der Waals surface area (Å²) in [7, 11) is 1.30. The van der Waals surface area contributed by atoms with E-state index in [2.05, 4.69) is 10.6 Å². The first-order chi connectivity index (χ1) is 12.0. The summed E-state index contributed by atoms with van der Waals surface area (Å²) in [6.07, 6.45) is 3.58. The van der Waals surface area contributed by atoms with Gasteiger partial charge in [-0.25, -0.2) is 4.79 Å². The van der Waals surface area contributed by atoms with Crippen molar-refractivity contribution in [1.29, 1.82) is 0 Å². The summed E-state index contributed by atoms with van der Waals surface area (Å²) in [5, 5.41) is 5.51. The molecule has 136 valence electrons. The van der Waals surface area contributed by atoms with Crippen LogP contribution in [0.5, 0.6) is 0 Å². The van der Waals surface area contributed by atoms with Gasteiger partial charge in [-0.05, 0) is 45.2 Å². The Hall–Kier alpha value is -2.63. The molecule has 25 heavy (non-hydrogen) atoms. The van der Waals surface area contributed by atoms with Gasteiger partial charge in [0.15, 0.2) is 0 Å².